The molecule has 0 N–H and O–H groups in total. The maximum absolute atomic E-state index is 12.9. The van der Waals surface area contributed by atoms with Crippen LogP contribution in [0, 0.1) is 11.3 Å². The van der Waals surface area contributed by atoms with Gasteiger partial charge >= 0.3 is 6.18 Å². The topological polar surface area (TPSA) is 54.5 Å². The number of hydrogen-bond donors (Lipinski definition) is 0. The molecular weight excluding hydrogens is 304 g/mol. The summed E-state index contributed by atoms with van der Waals surface area (Å²) in [6, 6.07) is 5.17. The Bertz CT molecular complexity index is 652. The van der Waals surface area contributed by atoms with Gasteiger partial charge in [0.25, 0.3) is 0 Å². The summed E-state index contributed by atoms with van der Waals surface area (Å²) in [5.41, 5.74) is -2.12. The van der Waals surface area contributed by atoms with E-state index < -0.39 is 17.6 Å². The van der Waals surface area contributed by atoms with Crippen molar-refractivity contribution >= 4 is 23.2 Å². The molecule has 0 bridgehead atoms. The van der Waals surface area contributed by atoms with Crippen molar-refractivity contribution in [2.75, 3.05) is 0 Å². The molecular formula is C10H3Cl2F3N4. The number of benzene rings is 1. The smallest absolute Gasteiger partial charge is 0.207 e. The van der Waals surface area contributed by atoms with Gasteiger partial charge in [-0.05, 0) is 18.2 Å². The second kappa shape index (κ2) is 4.72. The SMILES string of the molecule is N#Cc1nnn(-c2cc(Cl)cc(Cl)c2)c1C(F)(F)F. The van der Waals surface area contributed by atoms with E-state index in [1.807, 2.05) is 0 Å². The highest BCUT2D eigenvalue weighted by Gasteiger charge is 2.40. The summed E-state index contributed by atoms with van der Waals surface area (Å²) in [5, 5.41) is 15.4. The maximum Gasteiger partial charge on any atom is 0.436 e. The van der Waals surface area contributed by atoms with Crippen molar-refractivity contribution in [3.63, 3.8) is 0 Å². The monoisotopic (exact) mass is 306 g/mol. The predicted octanol–water partition coefficient (Wildman–Crippen LogP) is 3.46. The Kier molecular flexibility index (Phi) is 3.39. The van der Waals surface area contributed by atoms with Gasteiger partial charge in [-0.1, -0.05) is 28.4 Å². The first kappa shape index (κ1) is 13.6. The van der Waals surface area contributed by atoms with Gasteiger partial charge in [0.1, 0.15) is 6.07 Å². The zero-order valence-corrected chi connectivity index (χ0v) is 10.4. The van der Waals surface area contributed by atoms with E-state index in [0.717, 1.165) is 0 Å². The number of halogens is 5. The number of alkyl halides is 3. The summed E-state index contributed by atoms with van der Waals surface area (Å²) in [4.78, 5) is 0. The molecule has 9 heteroatoms. The van der Waals surface area contributed by atoms with Crippen LogP contribution in [-0.4, -0.2) is 15.0 Å². The molecule has 1 heterocycles. The van der Waals surface area contributed by atoms with E-state index in [2.05, 4.69) is 10.3 Å². The fourth-order valence-corrected chi connectivity index (χ4v) is 1.97. The highest BCUT2D eigenvalue weighted by molar-refractivity contribution is 6.34. The highest BCUT2D eigenvalue weighted by atomic mass is 35.5. The van der Waals surface area contributed by atoms with Crippen molar-refractivity contribution < 1.29 is 13.2 Å². The van der Waals surface area contributed by atoms with Crippen LogP contribution < -0.4 is 0 Å². The molecule has 0 radical (unpaired) electrons. The van der Waals surface area contributed by atoms with Crippen molar-refractivity contribution in [1.82, 2.24) is 15.0 Å². The van der Waals surface area contributed by atoms with Gasteiger partial charge in [-0.25, -0.2) is 4.68 Å². The average Bonchev–Trinajstić information content (AvgIpc) is 2.70. The van der Waals surface area contributed by atoms with Crippen molar-refractivity contribution in [3.8, 4) is 11.8 Å². The van der Waals surface area contributed by atoms with Gasteiger partial charge in [0.2, 0.25) is 0 Å². The molecule has 2 rings (SSSR count). The lowest BCUT2D eigenvalue weighted by atomic mass is 10.3. The van der Waals surface area contributed by atoms with Crippen molar-refractivity contribution in [1.29, 1.82) is 5.26 Å². The third kappa shape index (κ3) is 2.64. The molecule has 1 aromatic heterocycles. The van der Waals surface area contributed by atoms with E-state index in [-0.39, 0.29) is 15.7 Å². The quantitative estimate of drug-likeness (QED) is 0.810. The normalized spacial score (nSPS) is 11.4. The fraction of sp³-hybridized carbons (Fsp3) is 0.100. The molecule has 4 nitrogen and oxygen atoms in total. The van der Waals surface area contributed by atoms with Crippen LogP contribution >= 0.6 is 23.2 Å². The summed E-state index contributed by atoms with van der Waals surface area (Å²) < 4.78 is 39.2. The van der Waals surface area contributed by atoms with Gasteiger partial charge in [-0.2, -0.15) is 18.4 Å². The van der Waals surface area contributed by atoms with Gasteiger partial charge in [0.05, 0.1) is 5.69 Å². The molecule has 0 unspecified atom stereocenters. The predicted molar refractivity (Wildman–Crippen MR) is 61.1 cm³/mol. The Morgan fingerprint density at radius 1 is 1.16 bits per heavy atom. The van der Waals surface area contributed by atoms with E-state index in [0.29, 0.717) is 4.68 Å². The van der Waals surface area contributed by atoms with Gasteiger partial charge < -0.3 is 0 Å². The molecule has 0 atom stereocenters. The van der Waals surface area contributed by atoms with Crippen LogP contribution in [0.3, 0.4) is 0 Å². The minimum Gasteiger partial charge on any atom is -0.207 e. The van der Waals surface area contributed by atoms with E-state index in [1.165, 1.54) is 24.3 Å². The lowest BCUT2D eigenvalue weighted by Crippen LogP contribution is -2.14. The molecule has 2 aromatic rings. The zero-order chi connectivity index (χ0) is 14.2. The molecule has 0 spiro atoms. The Morgan fingerprint density at radius 2 is 1.74 bits per heavy atom. The van der Waals surface area contributed by atoms with Crippen LogP contribution in [-0.2, 0) is 6.18 Å². The van der Waals surface area contributed by atoms with Gasteiger partial charge in [-0.15, -0.1) is 5.10 Å². The minimum absolute atomic E-state index is 0.0289. The van der Waals surface area contributed by atoms with Crippen LogP contribution in [0.25, 0.3) is 5.69 Å². The fourth-order valence-electron chi connectivity index (χ4n) is 1.45. The number of nitriles is 1. The van der Waals surface area contributed by atoms with Crippen LogP contribution in [0.5, 0.6) is 0 Å². The van der Waals surface area contributed by atoms with E-state index >= 15 is 0 Å². The first-order valence-electron chi connectivity index (χ1n) is 4.72. The van der Waals surface area contributed by atoms with Crippen molar-refractivity contribution in [2.45, 2.75) is 6.18 Å². The molecule has 0 fully saturated rings. The third-order valence-electron chi connectivity index (χ3n) is 2.14. The Morgan fingerprint density at radius 3 is 2.21 bits per heavy atom. The van der Waals surface area contributed by atoms with E-state index in [4.69, 9.17) is 28.5 Å². The van der Waals surface area contributed by atoms with Crippen LogP contribution in [0.1, 0.15) is 11.4 Å². The van der Waals surface area contributed by atoms with Crippen LogP contribution in [0.2, 0.25) is 10.0 Å². The summed E-state index contributed by atoms with van der Waals surface area (Å²) in [6.45, 7) is 0. The first-order chi connectivity index (χ1) is 8.82. The zero-order valence-electron chi connectivity index (χ0n) is 8.91. The van der Waals surface area contributed by atoms with Gasteiger partial charge in [-0.3, -0.25) is 0 Å². The van der Waals surface area contributed by atoms with Crippen LogP contribution in [0.15, 0.2) is 18.2 Å². The second-order valence-corrected chi connectivity index (χ2v) is 4.31. The molecule has 0 aliphatic heterocycles. The number of aromatic nitrogens is 3. The summed E-state index contributed by atoms with van der Waals surface area (Å²) in [6.07, 6.45) is -4.77. The first-order valence-corrected chi connectivity index (χ1v) is 5.48. The number of rotatable bonds is 1. The summed E-state index contributed by atoms with van der Waals surface area (Å²) in [7, 11) is 0. The lowest BCUT2D eigenvalue weighted by molar-refractivity contribution is -0.143. The van der Waals surface area contributed by atoms with Gasteiger partial charge in [0.15, 0.2) is 11.4 Å². The maximum atomic E-state index is 12.9. The average molecular weight is 307 g/mol. The summed E-state index contributed by atoms with van der Waals surface area (Å²) >= 11 is 11.4. The van der Waals surface area contributed by atoms with Crippen molar-refractivity contribution in [2.24, 2.45) is 0 Å². The lowest BCUT2D eigenvalue weighted by Gasteiger charge is -2.10. The van der Waals surface area contributed by atoms with Gasteiger partial charge in [0, 0.05) is 10.0 Å². The molecule has 98 valence electrons. The summed E-state index contributed by atoms with van der Waals surface area (Å²) in [5.74, 6) is 0. The molecule has 0 amide bonds. The third-order valence-corrected chi connectivity index (χ3v) is 2.57. The standard InChI is InChI=1S/C10H3Cl2F3N4/c11-5-1-6(12)3-7(2-5)19-9(10(13,14)15)8(4-16)17-18-19/h1-3H. The molecule has 0 saturated carbocycles. The number of nitrogens with zero attached hydrogens (tertiary/aromatic N) is 4. The molecule has 0 aliphatic carbocycles. The Balaban J connectivity index is 2.70. The van der Waals surface area contributed by atoms with E-state index in [1.54, 1.807) is 0 Å². The second-order valence-electron chi connectivity index (χ2n) is 3.44. The molecule has 0 aliphatic rings. The molecule has 19 heavy (non-hydrogen) atoms. The highest BCUT2D eigenvalue weighted by Crippen LogP contribution is 2.33. The van der Waals surface area contributed by atoms with Crippen molar-refractivity contribution in [3.05, 3.63) is 39.6 Å². The van der Waals surface area contributed by atoms with E-state index in [9.17, 15) is 13.2 Å². The minimum atomic E-state index is -4.77. The largest absolute Gasteiger partial charge is 0.436 e. The molecule has 1 aromatic carbocycles. The Labute approximate surface area is 115 Å². The Hall–Kier alpha value is -1.78. The molecule has 0 saturated heterocycles. The van der Waals surface area contributed by atoms with Crippen LogP contribution in [0.4, 0.5) is 13.2 Å². The number of hydrogen-bond acceptors (Lipinski definition) is 3.